The van der Waals surface area contributed by atoms with Crippen LogP contribution in [0.25, 0.3) is 12.2 Å². The Balaban J connectivity index is 0.00000180. The predicted molar refractivity (Wildman–Crippen MR) is 74.2 cm³/mol. The van der Waals surface area contributed by atoms with Crippen LogP contribution in [-0.2, 0) is 7.05 Å². The zero-order valence-electron chi connectivity index (χ0n) is 11.2. The maximum absolute atomic E-state index is 5.60. The fourth-order valence-electron chi connectivity index (χ4n) is 1.79. The van der Waals surface area contributed by atoms with Crippen molar-refractivity contribution in [1.82, 2.24) is 0 Å². The van der Waals surface area contributed by atoms with Crippen LogP contribution in [0, 0.1) is 0 Å². The average molecular weight is 367 g/mol. The second-order valence-corrected chi connectivity index (χ2v) is 4.04. The van der Waals surface area contributed by atoms with Gasteiger partial charge < -0.3 is 28.7 Å². The predicted octanol–water partition coefficient (Wildman–Crippen LogP) is 0.0842. The van der Waals surface area contributed by atoms with Crippen LogP contribution in [0.3, 0.4) is 0 Å². The number of halogens is 1. The number of benzene rings is 1. The van der Waals surface area contributed by atoms with Gasteiger partial charge in [-0.1, -0.05) is 18.2 Å². The van der Waals surface area contributed by atoms with Gasteiger partial charge in [0.15, 0.2) is 6.20 Å². The molecular weight excluding hydrogens is 349 g/mol. The van der Waals surface area contributed by atoms with E-state index in [1.165, 1.54) is 0 Å². The molecule has 2 aromatic rings. The maximum atomic E-state index is 5.60. The van der Waals surface area contributed by atoms with Crippen molar-refractivity contribution in [2.45, 2.75) is 6.92 Å². The normalized spacial score (nSPS) is 10.2. The lowest BCUT2D eigenvalue weighted by atomic mass is 10.1. The number of pyridine rings is 1. The highest BCUT2D eigenvalue weighted by molar-refractivity contribution is 5.70. The van der Waals surface area contributed by atoms with Gasteiger partial charge in [0.25, 0.3) is 0 Å². The van der Waals surface area contributed by atoms with E-state index in [9.17, 15) is 0 Å². The van der Waals surface area contributed by atoms with Gasteiger partial charge in [0.2, 0.25) is 5.69 Å². The third kappa shape index (κ3) is 4.35. The van der Waals surface area contributed by atoms with E-state index >= 15 is 0 Å². The van der Waals surface area contributed by atoms with Crippen LogP contribution in [0.2, 0.25) is 0 Å². The van der Waals surface area contributed by atoms with Gasteiger partial charge in [-0.15, -0.1) is 0 Å². The molecule has 0 unspecified atom stereocenters. The lowest BCUT2D eigenvalue weighted by Gasteiger charge is -2.05. The first kappa shape index (κ1) is 15.7. The maximum Gasteiger partial charge on any atom is 0.204 e. The van der Waals surface area contributed by atoms with Crippen LogP contribution in [0.5, 0.6) is 5.75 Å². The molecule has 0 aliphatic rings. The lowest BCUT2D eigenvalue weighted by Crippen LogP contribution is -3.00. The highest BCUT2D eigenvalue weighted by Gasteiger charge is 2.01. The Hall–Kier alpha value is -1.36. The molecule has 2 nitrogen and oxygen atoms in total. The number of para-hydroxylation sites is 1. The summed E-state index contributed by atoms with van der Waals surface area (Å²) in [4.78, 5) is 0. The summed E-state index contributed by atoms with van der Waals surface area (Å²) in [6.45, 7) is 2.68. The third-order valence-corrected chi connectivity index (χ3v) is 2.75. The highest BCUT2D eigenvalue weighted by Crippen LogP contribution is 2.20. The molecule has 100 valence electrons. The van der Waals surface area contributed by atoms with Crippen LogP contribution in [0.4, 0.5) is 0 Å². The Labute approximate surface area is 131 Å². The lowest BCUT2D eigenvalue weighted by molar-refractivity contribution is -0.673. The minimum atomic E-state index is 0. The average Bonchev–Trinajstić information content (AvgIpc) is 2.40. The van der Waals surface area contributed by atoms with Crippen molar-refractivity contribution in [3.8, 4) is 5.75 Å². The van der Waals surface area contributed by atoms with Crippen molar-refractivity contribution < 1.29 is 33.3 Å². The van der Waals surface area contributed by atoms with Gasteiger partial charge in [-0.2, -0.15) is 0 Å². The molecular formula is C16H18INO. The Morgan fingerprint density at radius 3 is 2.53 bits per heavy atom. The molecule has 0 atom stereocenters. The third-order valence-electron chi connectivity index (χ3n) is 2.75. The second-order valence-electron chi connectivity index (χ2n) is 4.04. The second kappa shape index (κ2) is 7.94. The summed E-state index contributed by atoms with van der Waals surface area (Å²) in [5, 5.41) is 0. The molecule has 1 heterocycles. The molecule has 19 heavy (non-hydrogen) atoms. The van der Waals surface area contributed by atoms with E-state index in [0.717, 1.165) is 17.0 Å². The van der Waals surface area contributed by atoms with E-state index in [0.29, 0.717) is 6.61 Å². The summed E-state index contributed by atoms with van der Waals surface area (Å²) in [6.07, 6.45) is 6.21. The highest BCUT2D eigenvalue weighted by atomic mass is 127. The minimum absolute atomic E-state index is 0. The summed E-state index contributed by atoms with van der Waals surface area (Å²) in [5.41, 5.74) is 2.26. The Morgan fingerprint density at radius 2 is 1.79 bits per heavy atom. The molecule has 0 radical (unpaired) electrons. The molecule has 1 aromatic heterocycles. The number of hydrogen-bond acceptors (Lipinski definition) is 1. The summed E-state index contributed by atoms with van der Waals surface area (Å²) in [5.74, 6) is 0.926. The number of ether oxygens (including phenoxy) is 1. The fourth-order valence-corrected chi connectivity index (χ4v) is 1.79. The van der Waals surface area contributed by atoms with Crippen LogP contribution < -0.4 is 33.3 Å². The van der Waals surface area contributed by atoms with Gasteiger partial charge in [-0.25, -0.2) is 4.57 Å². The summed E-state index contributed by atoms with van der Waals surface area (Å²) < 4.78 is 7.68. The standard InChI is InChI=1S/C16H18NO.HI/c1-3-18-16-10-5-4-8-14(16)11-12-15-9-6-7-13-17(15)2;/h4-13H,3H2,1-2H3;1H/q+1;/p-1/b12-11+;. The van der Waals surface area contributed by atoms with Crippen LogP contribution in [0.1, 0.15) is 18.2 Å². The van der Waals surface area contributed by atoms with Crippen molar-refractivity contribution in [3.05, 3.63) is 59.9 Å². The number of rotatable bonds is 4. The van der Waals surface area contributed by atoms with E-state index < -0.39 is 0 Å². The van der Waals surface area contributed by atoms with E-state index in [1.807, 2.05) is 50.5 Å². The number of hydrogen-bond donors (Lipinski definition) is 0. The zero-order chi connectivity index (χ0) is 12.8. The molecule has 0 N–H and O–H groups in total. The van der Waals surface area contributed by atoms with Crippen LogP contribution >= 0.6 is 0 Å². The molecule has 0 aliphatic carbocycles. The van der Waals surface area contributed by atoms with E-state index in [-0.39, 0.29) is 24.0 Å². The van der Waals surface area contributed by atoms with E-state index in [1.54, 1.807) is 0 Å². The quantitative estimate of drug-likeness (QED) is 0.552. The molecule has 0 bridgehead atoms. The Morgan fingerprint density at radius 1 is 1.05 bits per heavy atom. The molecule has 1 aromatic carbocycles. The fraction of sp³-hybridized carbons (Fsp3) is 0.188. The van der Waals surface area contributed by atoms with Crippen LogP contribution in [-0.4, -0.2) is 6.61 Å². The van der Waals surface area contributed by atoms with Gasteiger partial charge in [-0.3, -0.25) is 0 Å². The summed E-state index contributed by atoms with van der Waals surface area (Å²) >= 11 is 0. The molecule has 0 saturated heterocycles. The summed E-state index contributed by atoms with van der Waals surface area (Å²) in [7, 11) is 2.04. The monoisotopic (exact) mass is 367 g/mol. The minimum Gasteiger partial charge on any atom is -1.00 e. The topological polar surface area (TPSA) is 13.1 Å². The van der Waals surface area contributed by atoms with Crippen molar-refractivity contribution in [2.75, 3.05) is 6.61 Å². The van der Waals surface area contributed by atoms with Crippen molar-refractivity contribution in [3.63, 3.8) is 0 Å². The summed E-state index contributed by atoms with van der Waals surface area (Å²) in [6, 6.07) is 14.2. The Kier molecular flexibility index (Phi) is 6.56. The van der Waals surface area contributed by atoms with Crippen molar-refractivity contribution in [2.24, 2.45) is 7.05 Å². The molecule has 0 aliphatic heterocycles. The van der Waals surface area contributed by atoms with Crippen molar-refractivity contribution >= 4 is 12.2 Å². The molecule has 0 fully saturated rings. The van der Waals surface area contributed by atoms with E-state index in [2.05, 4.69) is 28.9 Å². The SMILES string of the molecule is CCOc1ccccc1/C=C/c1cccc[n+]1C.[I-]. The smallest absolute Gasteiger partial charge is 0.204 e. The van der Waals surface area contributed by atoms with E-state index in [4.69, 9.17) is 4.74 Å². The van der Waals surface area contributed by atoms with Gasteiger partial charge in [-0.05, 0) is 25.1 Å². The largest absolute Gasteiger partial charge is 1.00 e. The first-order chi connectivity index (χ1) is 8.81. The van der Waals surface area contributed by atoms with Gasteiger partial charge in [0, 0.05) is 23.8 Å². The van der Waals surface area contributed by atoms with Gasteiger partial charge in [0.05, 0.1) is 6.61 Å². The first-order valence-corrected chi connectivity index (χ1v) is 6.16. The van der Waals surface area contributed by atoms with Gasteiger partial charge in [0.1, 0.15) is 12.8 Å². The zero-order valence-corrected chi connectivity index (χ0v) is 13.4. The van der Waals surface area contributed by atoms with Crippen LogP contribution in [0.15, 0.2) is 48.7 Å². The first-order valence-electron chi connectivity index (χ1n) is 6.16. The number of aryl methyl sites for hydroxylation is 1. The van der Waals surface area contributed by atoms with Gasteiger partial charge >= 0.3 is 0 Å². The Bertz CT molecular complexity index is 552. The molecule has 0 spiro atoms. The van der Waals surface area contributed by atoms with Crippen molar-refractivity contribution in [1.29, 1.82) is 0 Å². The molecule has 0 amide bonds. The molecule has 0 saturated carbocycles. The number of nitrogens with zero attached hydrogens (tertiary/aromatic N) is 1. The molecule has 3 heteroatoms. The molecule has 2 rings (SSSR count). The number of aromatic nitrogens is 1.